The van der Waals surface area contributed by atoms with E-state index >= 15 is 0 Å². The Bertz CT molecular complexity index is 1230. The number of anilines is 2. The van der Waals surface area contributed by atoms with E-state index < -0.39 is 29.1 Å². The molecule has 4 rings (SSSR count). The van der Waals surface area contributed by atoms with Gasteiger partial charge in [-0.25, -0.2) is 13.7 Å². The van der Waals surface area contributed by atoms with E-state index in [1.165, 1.54) is 0 Å². The molecule has 1 aliphatic heterocycles. The van der Waals surface area contributed by atoms with Crippen LogP contribution in [0.2, 0.25) is 0 Å². The van der Waals surface area contributed by atoms with Crippen molar-refractivity contribution in [1.82, 2.24) is 0 Å². The molecule has 32 heavy (non-hydrogen) atoms. The topological polar surface area (TPSA) is 49.4 Å². The van der Waals surface area contributed by atoms with Crippen molar-refractivity contribution in [3.63, 3.8) is 0 Å². The molecule has 0 unspecified atom stereocenters. The van der Waals surface area contributed by atoms with Gasteiger partial charge in [0.15, 0.2) is 0 Å². The average Bonchev–Trinajstić information content (AvgIpc) is 3.00. The van der Waals surface area contributed by atoms with Crippen molar-refractivity contribution in [3.05, 3.63) is 101 Å². The van der Waals surface area contributed by atoms with Gasteiger partial charge < -0.3 is 5.32 Å². The summed E-state index contributed by atoms with van der Waals surface area (Å²) in [7, 11) is 0. The van der Waals surface area contributed by atoms with E-state index in [9.17, 15) is 18.4 Å². The Balaban J connectivity index is 1.79. The molecule has 3 aromatic rings. The van der Waals surface area contributed by atoms with E-state index in [0.717, 1.165) is 23.8 Å². The molecule has 0 spiro atoms. The van der Waals surface area contributed by atoms with Crippen LogP contribution < -0.4 is 10.2 Å². The first-order valence-electron chi connectivity index (χ1n) is 10.2. The van der Waals surface area contributed by atoms with E-state index in [4.69, 9.17) is 0 Å². The zero-order valence-electron chi connectivity index (χ0n) is 17.9. The minimum atomic E-state index is -0.865. The van der Waals surface area contributed by atoms with Gasteiger partial charge in [-0.1, -0.05) is 63.2 Å². The van der Waals surface area contributed by atoms with Crippen molar-refractivity contribution in [1.29, 1.82) is 0 Å². The molecule has 1 heterocycles. The number of halogens is 2. The number of nitrogens with zero attached hydrogens (tertiary/aromatic N) is 1. The highest BCUT2D eigenvalue weighted by Crippen LogP contribution is 2.35. The van der Waals surface area contributed by atoms with Gasteiger partial charge in [-0.2, -0.15) is 0 Å². The van der Waals surface area contributed by atoms with E-state index in [-0.39, 0.29) is 16.7 Å². The molecule has 6 heteroatoms. The molecule has 3 aromatic carbocycles. The van der Waals surface area contributed by atoms with Crippen LogP contribution in [0, 0.1) is 11.6 Å². The molecule has 0 saturated carbocycles. The minimum absolute atomic E-state index is 0.00775. The maximum Gasteiger partial charge on any atom is 0.282 e. The normalized spacial score (nSPS) is 14.3. The van der Waals surface area contributed by atoms with Crippen LogP contribution in [0.4, 0.5) is 20.2 Å². The summed E-state index contributed by atoms with van der Waals surface area (Å²) in [5, 5.41) is 3.03. The molecule has 0 aliphatic carbocycles. The van der Waals surface area contributed by atoms with Crippen molar-refractivity contribution in [2.45, 2.75) is 26.2 Å². The van der Waals surface area contributed by atoms with Crippen molar-refractivity contribution in [2.24, 2.45) is 0 Å². The molecular weight excluding hydrogens is 410 g/mol. The zero-order chi connectivity index (χ0) is 23.0. The first-order valence-corrected chi connectivity index (χ1v) is 10.2. The maximum absolute atomic E-state index is 14.5. The summed E-state index contributed by atoms with van der Waals surface area (Å²) in [5.74, 6) is -3.09. The molecule has 162 valence electrons. The lowest BCUT2D eigenvalue weighted by molar-refractivity contribution is -0.120. The molecule has 2 amide bonds. The van der Waals surface area contributed by atoms with Crippen molar-refractivity contribution < 1.29 is 18.4 Å². The quantitative estimate of drug-likeness (QED) is 0.542. The Morgan fingerprint density at radius 2 is 1.47 bits per heavy atom. The largest absolute Gasteiger partial charge is 0.350 e. The van der Waals surface area contributed by atoms with Crippen molar-refractivity contribution in [2.75, 3.05) is 10.2 Å². The molecule has 0 bridgehead atoms. The Labute approximate surface area is 185 Å². The van der Waals surface area contributed by atoms with Gasteiger partial charge in [-0.05, 0) is 40.8 Å². The molecule has 1 N–H and O–H groups in total. The number of carbonyl (C=O) groups is 2. The van der Waals surface area contributed by atoms with E-state index in [2.05, 4.69) is 26.1 Å². The van der Waals surface area contributed by atoms with Crippen LogP contribution in [0.1, 0.15) is 31.9 Å². The van der Waals surface area contributed by atoms with Gasteiger partial charge in [0.2, 0.25) is 0 Å². The lowest BCUT2D eigenvalue weighted by atomic mass is 9.87. The fourth-order valence-corrected chi connectivity index (χ4v) is 3.59. The lowest BCUT2D eigenvalue weighted by Crippen LogP contribution is -2.33. The predicted molar refractivity (Wildman–Crippen MR) is 121 cm³/mol. The number of nitrogens with one attached hydrogen (secondary N) is 1. The summed E-state index contributed by atoms with van der Waals surface area (Å²) in [4.78, 5) is 27.2. The van der Waals surface area contributed by atoms with E-state index in [1.54, 1.807) is 30.3 Å². The number of amides is 2. The molecule has 0 atom stereocenters. The summed E-state index contributed by atoms with van der Waals surface area (Å²) in [6, 6.07) is 18.8. The van der Waals surface area contributed by atoms with Crippen LogP contribution in [0.3, 0.4) is 0 Å². The van der Waals surface area contributed by atoms with Crippen molar-refractivity contribution >= 4 is 28.8 Å². The number of hydrogen-bond donors (Lipinski definition) is 1. The zero-order valence-corrected chi connectivity index (χ0v) is 17.9. The highest BCUT2D eigenvalue weighted by atomic mass is 19.1. The summed E-state index contributed by atoms with van der Waals surface area (Å²) >= 11 is 0. The van der Waals surface area contributed by atoms with Crippen LogP contribution >= 0.6 is 0 Å². The molecular formula is C26H22F2N2O2. The molecule has 0 fully saturated rings. The molecule has 0 radical (unpaired) electrons. The third kappa shape index (κ3) is 3.91. The third-order valence-corrected chi connectivity index (χ3v) is 5.32. The molecule has 0 aromatic heterocycles. The van der Waals surface area contributed by atoms with Gasteiger partial charge in [0.25, 0.3) is 11.8 Å². The molecule has 4 nitrogen and oxygen atoms in total. The smallest absolute Gasteiger partial charge is 0.282 e. The van der Waals surface area contributed by atoms with Gasteiger partial charge in [-0.15, -0.1) is 0 Å². The lowest BCUT2D eigenvalue weighted by Gasteiger charge is -2.19. The standard InChI is InChI=1S/C26H22F2N2O2/c1-26(2,3)17-9-12-19(13-10-17)29-23-22(16-7-5-4-6-8-16)24(31)30(25(23)32)21-15-18(27)11-14-20(21)28/h4-15,29H,1-3H3. The molecule has 0 saturated heterocycles. The molecule has 1 aliphatic rings. The highest BCUT2D eigenvalue weighted by molar-refractivity contribution is 6.46. The van der Waals surface area contributed by atoms with E-state index in [0.29, 0.717) is 16.2 Å². The summed E-state index contributed by atoms with van der Waals surface area (Å²) in [5.41, 5.74) is 1.85. The summed E-state index contributed by atoms with van der Waals surface area (Å²) in [6.07, 6.45) is 0. The third-order valence-electron chi connectivity index (χ3n) is 5.32. The number of hydrogen-bond acceptors (Lipinski definition) is 3. The van der Waals surface area contributed by atoms with Crippen LogP contribution in [-0.4, -0.2) is 11.8 Å². The monoisotopic (exact) mass is 432 g/mol. The number of rotatable bonds is 4. The van der Waals surface area contributed by atoms with Crippen LogP contribution in [0.5, 0.6) is 0 Å². The van der Waals surface area contributed by atoms with Crippen LogP contribution in [0.15, 0.2) is 78.5 Å². The Hall–Kier alpha value is -3.80. The second kappa shape index (κ2) is 8.04. The second-order valence-corrected chi connectivity index (χ2v) is 8.61. The highest BCUT2D eigenvalue weighted by Gasteiger charge is 2.41. The predicted octanol–water partition coefficient (Wildman–Crippen LogP) is 5.66. The Morgan fingerprint density at radius 1 is 0.812 bits per heavy atom. The first-order chi connectivity index (χ1) is 15.2. The number of imide groups is 1. The fourth-order valence-electron chi connectivity index (χ4n) is 3.59. The maximum atomic E-state index is 14.5. The average molecular weight is 432 g/mol. The SMILES string of the molecule is CC(C)(C)c1ccc(NC2=C(c3ccccc3)C(=O)N(c3cc(F)ccc3F)C2=O)cc1. The van der Waals surface area contributed by atoms with Crippen LogP contribution in [0.25, 0.3) is 5.57 Å². The Morgan fingerprint density at radius 3 is 2.09 bits per heavy atom. The van der Waals surface area contributed by atoms with Gasteiger partial charge in [0.05, 0.1) is 11.3 Å². The van der Waals surface area contributed by atoms with Crippen LogP contribution in [-0.2, 0) is 15.0 Å². The summed E-state index contributed by atoms with van der Waals surface area (Å²) < 4.78 is 28.3. The number of benzene rings is 3. The number of carbonyl (C=O) groups excluding carboxylic acids is 2. The second-order valence-electron chi connectivity index (χ2n) is 8.61. The van der Waals surface area contributed by atoms with E-state index in [1.807, 2.05) is 24.3 Å². The van der Waals surface area contributed by atoms with Gasteiger partial charge in [0.1, 0.15) is 17.3 Å². The first kappa shape index (κ1) is 21.4. The van der Waals surface area contributed by atoms with Crippen molar-refractivity contribution in [3.8, 4) is 0 Å². The van der Waals surface area contributed by atoms with Gasteiger partial charge in [0, 0.05) is 11.8 Å². The van der Waals surface area contributed by atoms with Gasteiger partial charge >= 0.3 is 0 Å². The minimum Gasteiger partial charge on any atom is -0.350 e. The summed E-state index contributed by atoms with van der Waals surface area (Å²) in [6.45, 7) is 6.28. The fraction of sp³-hybridized carbons (Fsp3) is 0.154. The Kier molecular flexibility index (Phi) is 5.38. The van der Waals surface area contributed by atoms with Gasteiger partial charge in [-0.3, -0.25) is 9.59 Å².